The molecule has 1 aromatic rings. The number of aliphatic hydroxyl groups is 3. The van der Waals surface area contributed by atoms with Gasteiger partial charge in [-0.25, -0.2) is 0 Å². The third-order valence-corrected chi connectivity index (χ3v) is 4.28. The zero-order valence-corrected chi connectivity index (χ0v) is 14.2. The third kappa shape index (κ3) is 5.81. The number of hydrogen-bond acceptors (Lipinski definition) is 5. The first-order chi connectivity index (χ1) is 11.6. The van der Waals surface area contributed by atoms with Crippen LogP contribution in [0, 0.1) is 11.8 Å². The van der Waals surface area contributed by atoms with E-state index in [0.29, 0.717) is 13.1 Å². The number of hydrogen-bond donors (Lipinski definition) is 3. The summed E-state index contributed by atoms with van der Waals surface area (Å²) in [7, 11) is 1.65. The van der Waals surface area contributed by atoms with Crippen LogP contribution < -0.4 is 4.74 Å². The van der Waals surface area contributed by atoms with Gasteiger partial charge >= 0.3 is 0 Å². The summed E-state index contributed by atoms with van der Waals surface area (Å²) in [5.41, 5.74) is 0.991. The van der Waals surface area contributed by atoms with Crippen molar-refractivity contribution in [3.63, 3.8) is 0 Å². The zero-order chi connectivity index (χ0) is 17.4. The number of aliphatic hydroxyl groups excluding tert-OH is 3. The van der Waals surface area contributed by atoms with Crippen molar-refractivity contribution in [2.24, 2.45) is 0 Å². The number of piperidine rings is 1. The second-order valence-electron chi connectivity index (χ2n) is 6.23. The van der Waals surface area contributed by atoms with Crippen molar-refractivity contribution in [2.75, 3.05) is 26.7 Å². The molecular weight excluding hydrogens is 306 g/mol. The Bertz CT molecular complexity index is 537. The summed E-state index contributed by atoms with van der Waals surface area (Å²) in [5.74, 6) is 7.16. The average molecular weight is 333 g/mol. The Kier molecular flexibility index (Phi) is 7.54. The number of β-amino-alcohol motifs (C(OH)–C–C–N with tert-alkyl or cyclic N) is 2. The molecule has 1 aliphatic heterocycles. The van der Waals surface area contributed by atoms with Gasteiger partial charge in [-0.2, -0.15) is 0 Å². The second-order valence-corrected chi connectivity index (χ2v) is 6.23. The smallest absolute Gasteiger partial charge is 0.118 e. The second kappa shape index (κ2) is 9.65. The molecule has 0 aliphatic carbocycles. The maximum atomic E-state index is 9.65. The summed E-state index contributed by atoms with van der Waals surface area (Å²) >= 11 is 0. The molecule has 1 fully saturated rings. The molecule has 1 aliphatic rings. The molecule has 2 atom stereocenters. The summed E-state index contributed by atoms with van der Waals surface area (Å²) in [6.07, 6.45) is 1.21. The van der Waals surface area contributed by atoms with Crippen molar-refractivity contribution >= 4 is 0 Å². The van der Waals surface area contributed by atoms with Crippen molar-refractivity contribution in [1.82, 2.24) is 4.90 Å². The van der Waals surface area contributed by atoms with E-state index in [1.54, 1.807) is 7.11 Å². The Labute approximate surface area is 143 Å². The Balaban J connectivity index is 1.59. The molecule has 0 saturated carbocycles. The molecule has 1 heterocycles. The molecule has 132 valence electrons. The Hall–Kier alpha value is -1.58. The minimum atomic E-state index is -1.02. The molecule has 3 N–H and O–H groups in total. The topological polar surface area (TPSA) is 73.2 Å². The van der Waals surface area contributed by atoms with Gasteiger partial charge in [0.2, 0.25) is 0 Å². The Morgan fingerprint density at radius 1 is 1.04 bits per heavy atom. The number of rotatable bonds is 6. The van der Waals surface area contributed by atoms with E-state index in [2.05, 4.69) is 11.8 Å². The summed E-state index contributed by atoms with van der Waals surface area (Å²) < 4.78 is 5.11. The van der Waals surface area contributed by atoms with E-state index in [1.165, 1.54) is 0 Å². The predicted octanol–water partition coefficient (Wildman–Crippen LogP) is 1.01. The van der Waals surface area contributed by atoms with Gasteiger partial charge in [-0.1, -0.05) is 18.3 Å². The van der Waals surface area contributed by atoms with E-state index in [9.17, 15) is 15.3 Å². The highest BCUT2D eigenvalue weighted by atomic mass is 16.5. The standard InChI is InChI=1S/C19H27NO4/c1-24-16-10-8-15(9-11-16)7-5-3-2-4-6-12-20-13-17(21)19(23)18(22)14-20/h8-11,17-19,21-23H,2-4,6,12-14H2,1H3. The van der Waals surface area contributed by atoms with Gasteiger partial charge in [-0.3, -0.25) is 4.90 Å². The summed E-state index contributed by atoms with van der Waals surface area (Å²) in [5, 5.41) is 28.8. The zero-order valence-electron chi connectivity index (χ0n) is 14.2. The lowest BCUT2D eigenvalue weighted by Gasteiger charge is -2.36. The number of benzene rings is 1. The molecule has 5 nitrogen and oxygen atoms in total. The highest BCUT2D eigenvalue weighted by molar-refractivity contribution is 5.38. The first-order valence-electron chi connectivity index (χ1n) is 8.49. The van der Waals surface area contributed by atoms with Gasteiger partial charge in [0.05, 0.1) is 19.3 Å². The molecular formula is C19H27NO4. The lowest BCUT2D eigenvalue weighted by atomic mass is 10.0. The van der Waals surface area contributed by atoms with Crippen LogP contribution >= 0.6 is 0 Å². The molecule has 1 saturated heterocycles. The first-order valence-corrected chi connectivity index (χ1v) is 8.49. The third-order valence-electron chi connectivity index (χ3n) is 4.28. The molecule has 1 aromatic carbocycles. The monoisotopic (exact) mass is 333 g/mol. The van der Waals surface area contributed by atoms with Crippen LogP contribution in [0.3, 0.4) is 0 Å². The van der Waals surface area contributed by atoms with Crippen LogP contribution in [0.5, 0.6) is 5.75 Å². The van der Waals surface area contributed by atoms with Crippen molar-refractivity contribution in [3.8, 4) is 17.6 Å². The van der Waals surface area contributed by atoms with Crippen molar-refractivity contribution in [3.05, 3.63) is 29.8 Å². The van der Waals surface area contributed by atoms with Gasteiger partial charge in [-0.15, -0.1) is 0 Å². The van der Waals surface area contributed by atoms with E-state index in [1.807, 2.05) is 29.2 Å². The largest absolute Gasteiger partial charge is 0.497 e. The minimum Gasteiger partial charge on any atom is -0.497 e. The van der Waals surface area contributed by atoms with Gasteiger partial charge in [-0.05, 0) is 43.7 Å². The van der Waals surface area contributed by atoms with Crippen LogP contribution in [0.2, 0.25) is 0 Å². The van der Waals surface area contributed by atoms with Gasteiger partial charge < -0.3 is 20.1 Å². The summed E-state index contributed by atoms with van der Waals surface area (Å²) in [6, 6.07) is 7.71. The number of methoxy groups -OCH3 is 1. The van der Waals surface area contributed by atoms with Gasteiger partial charge in [0.15, 0.2) is 0 Å². The Morgan fingerprint density at radius 3 is 2.33 bits per heavy atom. The van der Waals surface area contributed by atoms with E-state index < -0.39 is 18.3 Å². The summed E-state index contributed by atoms with van der Waals surface area (Å²) in [4.78, 5) is 2.01. The van der Waals surface area contributed by atoms with Gasteiger partial charge in [0, 0.05) is 25.1 Å². The van der Waals surface area contributed by atoms with Crippen LogP contribution in [-0.4, -0.2) is 65.3 Å². The molecule has 5 heteroatoms. The molecule has 0 aromatic heterocycles. The van der Waals surface area contributed by atoms with E-state index in [0.717, 1.165) is 43.5 Å². The predicted molar refractivity (Wildman–Crippen MR) is 92.8 cm³/mol. The maximum Gasteiger partial charge on any atom is 0.118 e. The van der Waals surface area contributed by atoms with Crippen LogP contribution in [0.25, 0.3) is 0 Å². The molecule has 0 spiro atoms. The van der Waals surface area contributed by atoms with Crippen LogP contribution in [-0.2, 0) is 0 Å². The van der Waals surface area contributed by atoms with Gasteiger partial charge in [0.25, 0.3) is 0 Å². The van der Waals surface area contributed by atoms with Crippen molar-refractivity contribution in [2.45, 2.75) is 44.0 Å². The number of unbranched alkanes of at least 4 members (excludes halogenated alkanes) is 3. The first kappa shape index (κ1) is 18.8. The fraction of sp³-hybridized carbons (Fsp3) is 0.579. The fourth-order valence-corrected chi connectivity index (χ4v) is 2.82. The SMILES string of the molecule is COc1ccc(C#CCCCCCN2CC(O)C(O)C(O)C2)cc1. The van der Waals surface area contributed by atoms with E-state index in [4.69, 9.17) is 4.74 Å². The summed E-state index contributed by atoms with van der Waals surface area (Å²) in [6.45, 7) is 1.68. The number of ether oxygens (including phenoxy) is 1. The number of nitrogens with zero attached hydrogens (tertiary/aromatic N) is 1. The molecule has 0 bridgehead atoms. The van der Waals surface area contributed by atoms with Crippen LogP contribution in [0.1, 0.15) is 31.2 Å². The molecule has 0 amide bonds. The Morgan fingerprint density at radius 2 is 1.71 bits per heavy atom. The highest BCUT2D eigenvalue weighted by Gasteiger charge is 2.32. The lowest BCUT2D eigenvalue weighted by molar-refractivity contribution is -0.109. The number of likely N-dealkylation sites (tertiary alicyclic amines) is 1. The highest BCUT2D eigenvalue weighted by Crippen LogP contribution is 2.13. The van der Waals surface area contributed by atoms with Crippen LogP contribution in [0.15, 0.2) is 24.3 Å². The molecule has 2 rings (SSSR count). The minimum absolute atomic E-state index is 0.426. The van der Waals surface area contributed by atoms with Crippen LogP contribution in [0.4, 0.5) is 0 Å². The lowest BCUT2D eigenvalue weighted by Crippen LogP contribution is -2.55. The normalized spacial score (nSPS) is 24.2. The molecule has 2 unspecified atom stereocenters. The van der Waals surface area contributed by atoms with Crippen molar-refractivity contribution in [1.29, 1.82) is 0 Å². The van der Waals surface area contributed by atoms with E-state index >= 15 is 0 Å². The maximum absolute atomic E-state index is 9.65. The van der Waals surface area contributed by atoms with Gasteiger partial charge in [0.1, 0.15) is 11.9 Å². The fourth-order valence-electron chi connectivity index (χ4n) is 2.82. The molecule has 24 heavy (non-hydrogen) atoms. The molecule has 0 radical (unpaired) electrons. The quantitative estimate of drug-likeness (QED) is 0.535. The van der Waals surface area contributed by atoms with Crippen molar-refractivity contribution < 1.29 is 20.1 Å². The average Bonchev–Trinajstić information content (AvgIpc) is 2.59. The van der Waals surface area contributed by atoms with E-state index in [-0.39, 0.29) is 0 Å².